The van der Waals surface area contributed by atoms with Gasteiger partial charge in [-0.2, -0.15) is 0 Å². The number of amides is 1. The quantitative estimate of drug-likeness (QED) is 0.633. The van der Waals surface area contributed by atoms with E-state index in [4.69, 9.17) is 13.9 Å². The van der Waals surface area contributed by atoms with Crippen molar-refractivity contribution in [1.29, 1.82) is 0 Å². The smallest absolute Gasteiger partial charge is 0.375 e. The molecule has 0 N–H and O–H groups in total. The van der Waals surface area contributed by atoms with Gasteiger partial charge in [-0.15, -0.1) is 0 Å². The van der Waals surface area contributed by atoms with Crippen LogP contribution in [0.1, 0.15) is 22.2 Å². The maximum Gasteiger partial charge on any atom is 0.375 e. The Morgan fingerprint density at radius 2 is 1.66 bits per heavy atom. The second kappa shape index (κ2) is 8.28. The van der Waals surface area contributed by atoms with Crippen molar-refractivity contribution in [2.24, 2.45) is 0 Å². The number of fused-ring (bicyclic) bond motifs is 1. The minimum Gasteiger partial charge on any atom is -0.449 e. The van der Waals surface area contributed by atoms with Crippen LogP contribution in [0.25, 0.3) is 11.0 Å². The fourth-order valence-electron chi connectivity index (χ4n) is 3.21. The van der Waals surface area contributed by atoms with E-state index in [1.807, 2.05) is 6.07 Å². The van der Waals surface area contributed by atoms with Crippen LogP contribution in [0.4, 0.5) is 0 Å². The van der Waals surface area contributed by atoms with Gasteiger partial charge >= 0.3 is 5.97 Å². The zero-order valence-electron chi connectivity index (χ0n) is 15.6. The molecule has 3 aromatic rings. The minimum absolute atomic E-state index is 0.246. The predicted octanol–water partition coefficient (Wildman–Crippen LogP) is 2.55. The molecule has 1 aliphatic rings. The first-order valence-corrected chi connectivity index (χ1v) is 9.29. The number of esters is 1. The van der Waals surface area contributed by atoms with E-state index in [9.17, 15) is 14.4 Å². The summed E-state index contributed by atoms with van der Waals surface area (Å²) in [5.41, 5.74) is 0.470. The lowest BCUT2D eigenvalue weighted by molar-refractivity contribution is -0.145. The van der Waals surface area contributed by atoms with Crippen molar-refractivity contribution in [3.63, 3.8) is 0 Å². The lowest BCUT2D eigenvalue weighted by atomic mass is 10.1. The molecular weight excluding hydrogens is 374 g/mol. The van der Waals surface area contributed by atoms with Gasteiger partial charge in [0.25, 0.3) is 5.91 Å². The summed E-state index contributed by atoms with van der Waals surface area (Å²) in [4.78, 5) is 39.7. The van der Waals surface area contributed by atoms with Crippen LogP contribution in [0.3, 0.4) is 0 Å². The molecule has 1 fully saturated rings. The fourth-order valence-corrected chi connectivity index (χ4v) is 3.21. The monoisotopic (exact) mass is 393 g/mol. The Bertz CT molecular complexity index is 1090. The summed E-state index contributed by atoms with van der Waals surface area (Å²) in [7, 11) is 0. The van der Waals surface area contributed by atoms with Gasteiger partial charge in [-0.1, -0.05) is 42.5 Å². The third-order valence-corrected chi connectivity index (χ3v) is 4.71. The highest BCUT2D eigenvalue weighted by Gasteiger charge is 2.31. The molecular formula is C22H19NO6. The standard InChI is InChI=1S/C22H19NO6/c24-17-14-19(28-18-9-5-4-8-16(17)18)22(26)29-20(15-6-2-1-3-7-15)21(25)23-10-12-27-13-11-23/h1-9,14,20H,10-13H2/t20-/m1/s1. The number of rotatable bonds is 4. The lowest BCUT2D eigenvalue weighted by Crippen LogP contribution is -2.44. The molecule has 2 heterocycles. The van der Waals surface area contributed by atoms with E-state index in [0.717, 1.165) is 6.07 Å². The number of carbonyl (C=O) groups is 2. The molecule has 1 aliphatic heterocycles. The summed E-state index contributed by atoms with van der Waals surface area (Å²) >= 11 is 0. The van der Waals surface area contributed by atoms with Crippen LogP contribution >= 0.6 is 0 Å². The first-order chi connectivity index (χ1) is 14.1. The Morgan fingerprint density at radius 3 is 2.41 bits per heavy atom. The molecule has 1 aromatic heterocycles. The third kappa shape index (κ3) is 4.05. The number of para-hydroxylation sites is 1. The zero-order chi connectivity index (χ0) is 20.2. The van der Waals surface area contributed by atoms with Gasteiger partial charge in [0.2, 0.25) is 11.9 Å². The van der Waals surface area contributed by atoms with E-state index in [1.165, 1.54) is 0 Å². The highest BCUT2D eigenvalue weighted by Crippen LogP contribution is 2.23. The number of morpholine rings is 1. The summed E-state index contributed by atoms with van der Waals surface area (Å²) in [6.45, 7) is 1.71. The predicted molar refractivity (Wildman–Crippen MR) is 104 cm³/mol. The van der Waals surface area contributed by atoms with Crippen molar-refractivity contribution >= 4 is 22.8 Å². The third-order valence-electron chi connectivity index (χ3n) is 4.71. The van der Waals surface area contributed by atoms with Gasteiger partial charge in [0.1, 0.15) is 5.58 Å². The molecule has 148 valence electrons. The zero-order valence-corrected chi connectivity index (χ0v) is 15.6. The van der Waals surface area contributed by atoms with E-state index in [2.05, 4.69) is 0 Å². The van der Waals surface area contributed by atoms with Crippen molar-refractivity contribution in [3.8, 4) is 0 Å². The van der Waals surface area contributed by atoms with Crippen LogP contribution in [-0.2, 0) is 14.3 Å². The molecule has 4 rings (SSSR count). The van der Waals surface area contributed by atoms with Gasteiger partial charge in [0, 0.05) is 24.7 Å². The van der Waals surface area contributed by atoms with Crippen LogP contribution in [-0.4, -0.2) is 43.1 Å². The Morgan fingerprint density at radius 1 is 0.966 bits per heavy atom. The van der Waals surface area contributed by atoms with E-state index in [0.29, 0.717) is 37.3 Å². The van der Waals surface area contributed by atoms with Crippen LogP contribution in [0, 0.1) is 0 Å². The number of ether oxygens (including phenoxy) is 2. The number of nitrogens with zero attached hydrogens (tertiary/aromatic N) is 1. The van der Waals surface area contributed by atoms with Crippen molar-refractivity contribution in [3.05, 3.63) is 82.2 Å². The molecule has 29 heavy (non-hydrogen) atoms. The fraction of sp³-hybridized carbons (Fsp3) is 0.227. The molecule has 0 aliphatic carbocycles. The molecule has 0 radical (unpaired) electrons. The molecule has 7 heteroatoms. The summed E-state index contributed by atoms with van der Waals surface area (Å²) in [5.74, 6) is -1.45. The largest absolute Gasteiger partial charge is 0.449 e. The molecule has 7 nitrogen and oxygen atoms in total. The first-order valence-electron chi connectivity index (χ1n) is 9.29. The first kappa shape index (κ1) is 18.9. The van der Waals surface area contributed by atoms with E-state index in [1.54, 1.807) is 53.4 Å². The molecule has 1 saturated heterocycles. The normalized spacial score (nSPS) is 15.1. The van der Waals surface area contributed by atoms with Gasteiger partial charge in [-0.25, -0.2) is 4.79 Å². The average molecular weight is 393 g/mol. The Labute approximate surface area is 166 Å². The van der Waals surface area contributed by atoms with Gasteiger partial charge in [-0.05, 0) is 12.1 Å². The topological polar surface area (TPSA) is 86.0 Å². The van der Waals surface area contributed by atoms with Crippen LogP contribution < -0.4 is 5.43 Å². The van der Waals surface area contributed by atoms with Crippen LogP contribution in [0.15, 0.2) is 69.9 Å². The maximum atomic E-state index is 13.0. The number of hydrogen-bond donors (Lipinski definition) is 0. The molecule has 0 unspecified atom stereocenters. The van der Waals surface area contributed by atoms with Crippen LogP contribution in [0.5, 0.6) is 0 Å². The van der Waals surface area contributed by atoms with Gasteiger partial charge in [-0.3, -0.25) is 9.59 Å². The molecule has 0 bridgehead atoms. The summed E-state index contributed by atoms with van der Waals surface area (Å²) in [6, 6.07) is 16.5. The molecule has 0 spiro atoms. The molecule has 1 amide bonds. The van der Waals surface area contributed by atoms with Crippen molar-refractivity contribution in [1.82, 2.24) is 4.90 Å². The Hall–Kier alpha value is -3.45. The van der Waals surface area contributed by atoms with Gasteiger partial charge in [0.05, 0.1) is 18.6 Å². The van der Waals surface area contributed by atoms with Gasteiger partial charge < -0.3 is 18.8 Å². The van der Waals surface area contributed by atoms with Crippen LogP contribution in [0.2, 0.25) is 0 Å². The SMILES string of the molecule is O=C(O[C@@H](C(=O)N1CCOCC1)c1ccccc1)c1cc(=O)c2ccccc2o1. The Balaban J connectivity index is 1.64. The van der Waals surface area contributed by atoms with E-state index in [-0.39, 0.29) is 22.7 Å². The second-order valence-corrected chi connectivity index (χ2v) is 6.60. The molecule has 2 aromatic carbocycles. The highest BCUT2D eigenvalue weighted by molar-refractivity contribution is 5.92. The van der Waals surface area contributed by atoms with Gasteiger partial charge in [0.15, 0.2) is 5.43 Å². The van der Waals surface area contributed by atoms with E-state index >= 15 is 0 Å². The summed E-state index contributed by atoms with van der Waals surface area (Å²) in [5, 5.41) is 0.369. The lowest BCUT2D eigenvalue weighted by Gasteiger charge is -2.30. The highest BCUT2D eigenvalue weighted by atomic mass is 16.6. The van der Waals surface area contributed by atoms with Crippen molar-refractivity contribution in [2.45, 2.75) is 6.10 Å². The average Bonchev–Trinajstić information content (AvgIpc) is 2.78. The Kier molecular flexibility index (Phi) is 5.39. The number of carbonyl (C=O) groups excluding carboxylic acids is 2. The van der Waals surface area contributed by atoms with Crippen molar-refractivity contribution < 1.29 is 23.5 Å². The van der Waals surface area contributed by atoms with Crippen molar-refractivity contribution in [2.75, 3.05) is 26.3 Å². The molecule has 0 saturated carbocycles. The number of hydrogen-bond acceptors (Lipinski definition) is 6. The van der Waals surface area contributed by atoms with E-state index < -0.39 is 12.1 Å². The minimum atomic E-state index is -1.14. The summed E-state index contributed by atoms with van der Waals surface area (Å²) < 4.78 is 16.4. The summed E-state index contributed by atoms with van der Waals surface area (Å²) in [6.07, 6.45) is -1.14. The second-order valence-electron chi connectivity index (χ2n) is 6.60. The maximum absolute atomic E-state index is 13.0. The molecule has 1 atom stereocenters. The number of benzene rings is 2.